The molecule has 1 unspecified atom stereocenters. The van der Waals surface area contributed by atoms with Gasteiger partial charge in [0.05, 0.1) is 6.10 Å². The van der Waals surface area contributed by atoms with Gasteiger partial charge in [0.25, 0.3) is 0 Å². The van der Waals surface area contributed by atoms with Gasteiger partial charge in [-0.05, 0) is 51.4 Å². The van der Waals surface area contributed by atoms with Gasteiger partial charge in [-0.15, -0.1) is 0 Å². The Labute approximate surface area is 142 Å². The monoisotopic (exact) mass is 327 g/mol. The number of hydrogen-bond acceptors (Lipinski definition) is 5. The zero-order chi connectivity index (χ0) is 16.0. The fourth-order valence-electron chi connectivity index (χ4n) is 4.36. The van der Waals surface area contributed by atoms with E-state index in [9.17, 15) is 0 Å². The van der Waals surface area contributed by atoms with E-state index in [0.29, 0.717) is 5.92 Å². The van der Waals surface area contributed by atoms with E-state index >= 15 is 0 Å². The van der Waals surface area contributed by atoms with Gasteiger partial charge in [-0.25, -0.2) is 15.0 Å². The predicted octanol–water partition coefficient (Wildman–Crippen LogP) is 3.79. The van der Waals surface area contributed by atoms with E-state index in [4.69, 9.17) is 19.4 Å². The van der Waals surface area contributed by atoms with Crippen molar-refractivity contribution in [3.63, 3.8) is 0 Å². The Morgan fingerprint density at radius 1 is 1.12 bits per heavy atom. The summed E-state index contributed by atoms with van der Waals surface area (Å²) in [4.78, 5) is 14.1. The normalized spacial score (nSPS) is 33.6. The molecule has 5 heteroatoms. The summed E-state index contributed by atoms with van der Waals surface area (Å²) in [7, 11) is 0. The molecule has 24 heavy (non-hydrogen) atoms. The molecule has 5 rings (SSSR count). The van der Waals surface area contributed by atoms with Crippen LogP contribution in [0.5, 0.6) is 0 Å². The first kappa shape index (κ1) is 15.0. The lowest BCUT2D eigenvalue weighted by molar-refractivity contribution is -0.194. The smallest absolute Gasteiger partial charge is 0.159 e. The van der Waals surface area contributed by atoms with E-state index in [0.717, 1.165) is 50.4 Å². The minimum atomic E-state index is 0.00256. The molecule has 0 aromatic carbocycles. The third kappa shape index (κ3) is 2.68. The van der Waals surface area contributed by atoms with Gasteiger partial charge < -0.3 is 9.47 Å². The molecule has 1 spiro atoms. The van der Waals surface area contributed by atoms with Crippen LogP contribution < -0.4 is 0 Å². The molecule has 1 saturated heterocycles. The quantitative estimate of drug-likeness (QED) is 0.847. The van der Waals surface area contributed by atoms with Crippen LogP contribution in [-0.2, 0) is 14.9 Å². The van der Waals surface area contributed by atoms with Crippen molar-refractivity contribution in [1.82, 2.24) is 9.97 Å². The number of nitrogens with zero attached hydrogens (tertiary/aromatic N) is 3. The number of fused-ring (bicyclic) bond motifs is 2. The first-order chi connectivity index (χ1) is 11.8. The molecule has 0 radical (unpaired) electrons. The highest BCUT2D eigenvalue weighted by Gasteiger charge is 2.48. The van der Waals surface area contributed by atoms with Crippen LogP contribution in [0.2, 0.25) is 0 Å². The van der Waals surface area contributed by atoms with Crippen molar-refractivity contribution >= 4 is 12.0 Å². The van der Waals surface area contributed by atoms with Crippen LogP contribution >= 0.6 is 0 Å². The maximum atomic E-state index is 6.21. The van der Waals surface area contributed by atoms with Crippen molar-refractivity contribution in [3.05, 3.63) is 17.6 Å². The molecule has 128 valence electrons. The van der Waals surface area contributed by atoms with Crippen LogP contribution in [0.3, 0.4) is 0 Å². The van der Waals surface area contributed by atoms with E-state index in [2.05, 4.69) is 11.2 Å². The molecule has 3 fully saturated rings. The van der Waals surface area contributed by atoms with Gasteiger partial charge in [0.1, 0.15) is 5.82 Å². The molecule has 2 saturated carbocycles. The van der Waals surface area contributed by atoms with Crippen molar-refractivity contribution < 1.29 is 9.47 Å². The fourth-order valence-corrected chi connectivity index (χ4v) is 4.36. The Morgan fingerprint density at radius 2 is 2.08 bits per heavy atom. The van der Waals surface area contributed by atoms with Crippen molar-refractivity contribution in [2.24, 2.45) is 4.99 Å². The summed E-state index contributed by atoms with van der Waals surface area (Å²) in [5, 5.41) is 0. The summed E-state index contributed by atoms with van der Waals surface area (Å²) in [6.07, 6.45) is 14.7. The van der Waals surface area contributed by atoms with E-state index in [1.165, 1.54) is 31.2 Å². The number of ether oxygens (including phenoxy) is 2. The minimum Gasteiger partial charge on any atom is -0.353 e. The summed E-state index contributed by atoms with van der Waals surface area (Å²) in [5.74, 6) is 2.27. The number of hydrogen-bond donors (Lipinski definition) is 0. The highest BCUT2D eigenvalue weighted by Crippen LogP contribution is 2.52. The zero-order valence-electron chi connectivity index (χ0n) is 14.1. The lowest BCUT2D eigenvalue weighted by Crippen LogP contribution is -2.31. The summed E-state index contributed by atoms with van der Waals surface area (Å²) in [5.41, 5.74) is 1.44. The molecule has 1 aromatic rings. The summed E-state index contributed by atoms with van der Waals surface area (Å²) in [6, 6.07) is 0. The zero-order valence-corrected chi connectivity index (χ0v) is 14.1. The molecule has 2 aliphatic carbocycles. The Kier molecular flexibility index (Phi) is 3.67. The second-order valence-corrected chi connectivity index (χ2v) is 7.80. The average molecular weight is 327 g/mol. The van der Waals surface area contributed by atoms with Crippen LogP contribution in [0.1, 0.15) is 75.1 Å². The second kappa shape index (κ2) is 5.88. The molecular weight excluding hydrogens is 302 g/mol. The highest BCUT2D eigenvalue weighted by molar-refractivity contribution is 5.86. The van der Waals surface area contributed by atoms with Crippen LogP contribution in [0.25, 0.3) is 0 Å². The van der Waals surface area contributed by atoms with Gasteiger partial charge in [-0.2, -0.15) is 0 Å². The van der Waals surface area contributed by atoms with Crippen LogP contribution in [0, 0.1) is 0 Å². The Balaban J connectivity index is 1.27. The molecule has 2 aliphatic heterocycles. The van der Waals surface area contributed by atoms with Gasteiger partial charge in [0, 0.05) is 35.9 Å². The van der Waals surface area contributed by atoms with Crippen LogP contribution in [0.4, 0.5) is 5.82 Å². The molecule has 0 bridgehead atoms. The van der Waals surface area contributed by atoms with Crippen molar-refractivity contribution in [3.8, 4) is 0 Å². The largest absolute Gasteiger partial charge is 0.353 e. The summed E-state index contributed by atoms with van der Waals surface area (Å²) < 4.78 is 12.0. The molecule has 4 aliphatic rings. The molecule has 1 aromatic heterocycles. The molecule has 5 nitrogen and oxygen atoms in total. The molecule has 0 N–H and O–H groups in total. The van der Waals surface area contributed by atoms with E-state index in [1.807, 2.05) is 6.20 Å². The van der Waals surface area contributed by atoms with Crippen molar-refractivity contribution in [2.45, 2.75) is 81.5 Å². The Morgan fingerprint density at radius 3 is 2.92 bits per heavy atom. The minimum absolute atomic E-state index is 0.00256. The van der Waals surface area contributed by atoms with Gasteiger partial charge >= 0.3 is 0 Å². The fraction of sp³-hybridized carbons (Fsp3) is 0.737. The lowest BCUT2D eigenvalue weighted by Gasteiger charge is -2.32. The van der Waals surface area contributed by atoms with Crippen molar-refractivity contribution in [2.75, 3.05) is 6.61 Å². The Hall–Kier alpha value is -1.33. The number of aromatic nitrogens is 2. The molecule has 3 heterocycles. The average Bonchev–Trinajstić information content (AvgIpc) is 3.33. The highest BCUT2D eigenvalue weighted by atomic mass is 16.7. The second-order valence-electron chi connectivity index (χ2n) is 7.80. The number of aliphatic imine (C=N–C) groups is 1. The van der Waals surface area contributed by atoms with Crippen molar-refractivity contribution in [1.29, 1.82) is 0 Å². The van der Waals surface area contributed by atoms with E-state index < -0.39 is 0 Å². The van der Waals surface area contributed by atoms with Crippen LogP contribution in [0.15, 0.2) is 11.2 Å². The van der Waals surface area contributed by atoms with E-state index in [1.54, 1.807) is 0 Å². The first-order valence-corrected chi connectivity index (χ1v) is 9.52. The standard InChI is InChI=1S/C19H25N3O2/c1-2-9-23-16(6-1)24-14-5-3-4-13(10-14)17-20-11-15-18(22-17)21-12-19(15)7-8-19/h11-14,16H,1-10H2/t13-,14-,16?/m1/s1. The predicted molar refractivity (Wildman–Crippen MR) is 90.8 cm³/mol. The first-order valence-electron chi connectivity index (χ1n) is 9.52. The molecule has 3 atom stereocenters. The maximum Gasteiger partial charge on any atom is 0.159 e. The third-order valence-corrected chi connectivity index (χ3v) is 6.02. The molecule has 0 amide bonds. The van der Waals surface area contributed by atoms with E-state index in [-0.39, 0.29) is 17.8 Å². The van der Waals surface area contributed by atoms with Gasteiger partial charge in [-0.1, -0.05) is 6.42 Å². The SMILES string of the molecule is C1=Nc2nc([C@@H]3CCC[C@@H](OC4CCCCO4)C3)ncc2C12CC2. The number of rotatable bonds is 3. The van der Waals surface area contributed by atoms with Gasteiger partial charge in [-0.3, -0.25) is 0 Å². The topological polar surface area (TPSA) is 56.6 Å². The van der Waals surface area contributed by atoms with Gasteiger partial charge in [0.2, 0.25) is 0 Å². The summed E-state index contributed by atoms with van der Waals surface area (Å²) in [6.45, 7) is 0.842. The van der Waals surface area contributed by atoms with Crippen LogP contribution in [-0.4, -0.2) is 35.2 Å². The third-order valence-electron chi connectivity index (χ3n) is 6.02. The lowest BCUT2D eigenvalue weighted by atomic mass is 9.86. The Bertz CT molecular complexity index is 650. The molecular formula is C19H25N3O2. The van der Waals surface area contributed by atoms with Gasteiger partial charge in [0.15, 0.2) is 12.1 Å². The maximum absolute atomic E-state index is 6.21. The summed E-state index contributed by atoms with van der Waals surface area (Å²) >= 11 is 0.